The predicted octanol–water partition coefficient (Wildman–Crippen LogP) is 2.66. The van der Waals surface area contributed by atoms with Gasteiger partial charge in [0.1, 0.15) is 6.04 Å². The molecule has 2 atom stereocenters. The first-order valence-corrected chi connectivity index (χ1v) is 12.2. The third kappa shape index (κ3) is 4.74. The molecular formula is C21H27N3O4S2. The van der Waals surface area contributed by atoms with Gasteiger partial charge in [-0.3, -0.25) is 9.59 Å². The molecule has 0 bridgehead atoms. The van der Waals surface area contributed by atoms with Crippen LogP contribution < -0.4 is 14.9 Å². The Morgan fingerprint density at radius 1 is 1.27 bits per heavy atom. The summed E-state index contributed by atoms with van der Waals surface area (Å²) in [6, 6.07) is 7.64. The maximum absolute atomic E-state index is 13.0. The summed E-state index contributed by atoms with van der Waals surface area (Å²) in [6.07, 6.45) is 0.590. The van der Waals surface area contributed by atoms with Gasteiger partial charge in [-0.1, -0.05) is 19.9 Å². The van der Waals surface area contributed by atoms with E-state index in [-0.39, 0.29) is 28.7 Å². The lowest BCUT2D eigenvalue weighted by molar-refractivity contribution is -0.123. The van der Waals surface area contributed by atoms with Gasteiger partial charge in [0.15, 0.2) is 0 Å². The summed E-state index contributed by atoms with van der Waals surface area (Å²) in [5, 5.41) is 4.73. The molecule has 0 unspecified atom stereocenters. The number of amides is 2. The monoisotopic (exact) mass is 449 g/mol. The van der Waals surface area contributed by atoms with Crippen LogP contribution in [0.15, 0.2) is 40.6 Å². The van der Waals surface area contributed by atoms with Gasteiger partial charge in [-0.2, -0.15) is 4.72 Å². The van der Waals surface area contributed by atoms with Crippen molar-refractivity contribution in [2.45, 2.75) is 57.6 Å². The van der Waals surface area contributed by atoms with E-state index in [4.69, 9.17) is 0 Å². The van der Waals surface area contributed by atoms with E-state index in [9.17, 15) is 18.0 Å². The van der Waals surface area contributed by atoms with Crippen molar-refractivity contribution in [1.29, 1.82) is 0 Å². The Bertz CT molecular complexity index is 1030. The molecule has 2 aromatic rings. The summed E-state index contributed by atoms with van der Waals surface area (Å²) in [5.74, 6) is -0.664. The molecule has 0 saturated carbocycles. The molecule has 7 nitrogen and oxygen atoms in total. The molecule has 3 rings (SSSR count). The van der Waals surface area contributed by atoms with E-state index in [1.54, 1.807) is 30.9 Å². The molecule has 9 heteroatoms. The summed E-state index contributed by atoms with van der Waals surface area (Å²) in [7, 11) is -3.91. The maximum Gasteiger partial charge on any atom is 0.241 e. The minimum absolute atomic E-state index is 0.0187. The summed E-state index contributed by atoms with van der Waals surface area (Å²) >= 11 is 1.53. The van der Waals surface area contributed by atoms with E-state index in [2.05, 4.69) is 10.0 Å². The fraction of sp³-hybridized carbons (Fsp3) is 0.429. The average Bonchev–Trinajstić information content (AvgIpc) is 3.29. The van der Waals surface area contributed by atoms with Gasteiger partial charge in [-0.25, -0.2) is 8.42 Å². The van der Waals surface area contributed by atoms with E-state index < -0.39 is 16.1 Å². The quantitative estimate of drug-likeness (QED) is 0.679. The molecule has 0 fully saturated rings. The van der Waals surface area contributed by atoms with Crippen molar-refractivity contribution in [2.24, 2.45) is 5.92 Å². The molecular weight excluding hydrogens is 422 g/mol. The number of nitrogens with zero attached hydrogens (tertiary/aromatic N) is 1. The Balaban J connectivity index is 1.78. The Hall–Kier alpha value is -2.23. The van der Waals surface area contributed by atoms with Crippen LogP contribution in [-0.2, 0) is 32.6 Å². The number of hydrogen-bond donors (Lipinski definition) is 2. The summed E-state index contributed by atoms with van der Waals surface area (Å²) < 4.78 is 28.6. The number of carbonyl (C=O) groups excluding carboxylic acids is 2. The van der Waals surface area contributed by atoms with E-state index in [1.165, 1.54) is 24.3 Å². The Labute approximate surface area is 181 Å². The number of rotatable bonds is 7. The second-order valence-corrected chi connectivity index (χ2v) is 10.6. The number of anilines is 1. The third-order valence-electron chi connectivity index (χ3n) is 5.16. The van der Waals surface area contributed by atoms with Crippen LogP contribution in [-0.4, -0.2) is 32.3 Å². The molecule has 0 aliphatic carbocycles. The third-order valence-corrected chi connectivity index (χ3v) is 7.48. The summed E-state index contributed by atoms with van der Waals surface area (Å²) in [5.41, 5.74) is 1.55. The van der Waals surface area contributed by atoms with Crippen LogP contribution in [0.25, 0.3) is 0 Å². The summed E-state index contributed by atoms with van der Waals surface area (Å²) in [6.45, 7) is 7.39. The standard InChI is InChI=1S/C21H27N3O4S2/c1-13(2)20(21(26)22-12-17-6-5-9-29-17)23-30(27,28)18-7-8-19-16(11-18)10-14(3)24(19)15(4)25/h5-9,11,13-14,20,23H,10,12H2,1-4H3,(H,22,26)/t14-,20+/m1/s1. The van der Waals surface area contributed by atoms with Crippen molar-refractivity contribution in [2.75, 3.05) is 4.90 Å². The second kappa shape index (κ2) is 8.87. The number of benzene rings is 1. The van der Waals surface area contributed by atoms with Crippen LogP contribution in [0.4, 0.5) is 5.69 Å². The van der Waals surface area contributed by atoms with Crippen molar-refractivity contribution < 1.29 is 18.0 Å². The lowest BCUT2D eigenvalue weighted by Crippen LogP contribution is -2.49. The highest BCUT2D eigenvalue weighted by Crippen LogP contribution is 2.34. The van der Waals surface area contributed by atoms with E-state index in [0.29, 0.717) is 13.0 Å². The lowest BCUT2D eigenvalue weighted by Gasteiger charge is -2.22. The zero-order valence-corrected chi connectivity index (χ0v) is 19.1. The maximum atomic E-state index is 13.0. The number of carbonyl (C=O) groups is 2. The van der Waals surface area contributed by atoms with E-state index in [0.717, 1.165) is 16.1 Å². The minimum atomic E-state index is -3.91. The Kier molecular flexibility index (Phi) is 6.64. The van der Waals surface area contributed by atoms with Crippen molar-refractivity contribution in [3.63, 3.8) is 0 Å². The molecule has 1 aliphatic heterocycles. The van der Waals surface area contributed by atoms with Crippen LogP contribution in [0.1, 0.15) is 38.1 Å². The van der Waals surface area contributed by atoms with Gasteiger partial charge in [-0.15, -0.1) is 11.3 Å². The van der Waals surface area contributed by atoms with E-state index >= 15 is 0 Å². The second-order valence-electron chi connectivity index (χ2n) is 7.87. The molecule has 2 amide bonds. The fourth-order valence-corrected chi connectivity index (χ4v) is 5.72. The molecule has 30 heavy (non-hydrogen) atoms. The zero-order chi connectivity index (χ0) is 22.1. The molecule has 2 N–H and O–H groups in total. The highest BCUT2D eigenvalue weighted by molar-refractivity contribution is 7.89. The normalized spacial score (nSPS) is 17.1. The average molecular weight is 450 g/mol. The largest absolute Gasteiger partial charge is 0.350 e. The first kappa shape index (κ1) is 22.5. The number of fused-ring (bicyclic) bond motifs is 1. The van der Waals surface area contributed by atoms with Crippen molar-refractivity contribution >= 4 is 38.9 Å². The fourth-order valence-electron chi connectivity index (χ4n) is 3.68. The van der Waals surface area contributed by atoms with Gasteiger partial charge >= 0.3 is 0 Å². The van der Waals surface area contributed by atoms with Crippen molar-refractivity contribution in [3.05, 3.63) is 46.2 Å². The van der Waals surface area contributed by atoms with Crippen molar-refractivity contribution in [1.82, 2.24) is 10.0 Å². The first-order valence-electron chi connectivity index (χ1n) is 9.85. The smallest absolute Gasteiger partial charge is 0.241 e. The molecule has 1 aliphatic rings. The van der Waals surface area contributed by atoms with Crippen molar-refractivity contribution in [3.8, 4) is 0 Å². The number of thiophene rings is 1. The van der Waals surface area contributed by atoms with Gasteiger partial charge < -0.3 is 10.2 Å². The number of hydrogen-bond acceptors (Lipinski definition) is 5. The van der Waals surface area contributed by atoms with E-state index in [1.807, 2.05) is 24.4 Å². The van der Waals surface area contributed by atoms with Gasteiger partial charge in [0.25, 0.3) is 0 Å². The first-order chi connectivity index (χ1) is 14.1. The van der Waals surface area contributed by atoms with Gasteiger partial charge in [0, 0.05) is 23.5 Å². The molecule has 0 spiro atoms. The van der Waals surface area contributed by atoms with Crippen LogP contribution in [0.3, 0.4) is 0 Å². The highest BCUT2D eigenvalue weighted by Gasteiger charge is 2.32. The predicted molar refractivity (Wildman–Crippen MR) is 118 cm³/mol. The molecule has 2 heterocycles. The Morgan fingerprint density at radius 3 is 2.60 bits per heavy atom. The minimum Gasteiger partial charge on any atom is -0.350 e. The van der Waals surface area contributed by atoms with Gasteiger partial charge in [-0.05, 0) is 54.5 Å². The topological polar surface area (TPSA) is 95.6 Å². The van der Waals surface area contributed by atoms with Crippen LogP contribution in [0.2, 0.25) is 0 Å². The molecule has 162 valence electrons. The van der Waals surface area contributed by atoms with Gasteiger partial charge in [0.05, 0.1) is 11.4 Å². The lowest BCUT2D eigenvalue weighted by atomic mass is 10.1. The molecule has 1 aromatic carbocycles. The Morgan fingerprint density at radius 2 is 2.00 bits per heavy atom. The molecule has 0 radical (unpaired) electrons. The van der Waals surface area contributed by atoms with Crippen LogP contribution in [0.5, 0.6) is 0 Å². The van der Waals surface area contributed by atoms with Gasteiger partial charge in [0.2, 0.25) is 21.8 Å². The molecule has 0 saturated heterocycles. The van der Waals surface area contributed by atoms with Crippen LogP contribution >= 0.6 is 11.3 Å². The number of sulfonamides is 1. The molecule has 1 aromatic heterocycles. The zero-order valence-electron chi connectivity index (χ0n) is 17.5. The van der Waals surface area contributed by atoms with Crippen LogP contribution in [0, 0.1) is 5.92 Å². The summed E-state index contributed by atoms with van der Waals surface area (Å²) in [4.78, 5) is 27.3. The highest BCUT2D eigenvalue weighted by atomic mass is 32.2. The number of nitrogens with one attached hydrogen (secondary N) is 2. The SMILES string of the molecule is CC(=O)N1c2ccc(S(=O)(=O)N[C@H](C(=O)NCc3cccs3)C(C)C)cc2C[C@H]1C.